The van der Waals surface area contributed by atoms with Gasteiger partial charge >= 0.3 is 0 Å². The summed E-state index contributed by atoms with van der Waals surface area (Å²) in [5, 5.41) is 0.645. The summed E-state index contributed by atoms with van der Waals surface area (Å²) in [7, 11) is -3.93. The van der Waals surface area contributed by atoms with Crippen LogP contribution in [0, 0.1) is 0 Å². The van der Waals surface area contributed by atoms with Crippen LogP contribution in [0.2, 0.25) is 15.1 Å². The Morgan fingerprint density at radius 1 is 1.14 bits per heavy atom. The summed E-state index contributed by atoms with van der Waals surface area (Å²) >= 11 is 17.8. The second kappa shape index (κ2) is 6.96. The van der Waals surface area contributed by atoms with E-state index in [2.05, 4.69) is 4.72 Å². The Kier molecular flexibility index (Phi) is 5.45. The van der Waals surface area contributed by atoms with E-state index in [4.69, 9.17) is 39.5 Å². The second-order valence-electron chi connectivity index (χ2n) is 4.23. The van der Waals surface area contributed by atoms with E-state index >= 15 is 0 Å². The van der Waals surface area contributed by atoms with Gasteiger partial charge in [-0.15, -0.1) is 0 Å². The van der Waals surface area contributed by atoms with Gasteiger partial charge in [0.25, 0.3) is 10.0 Å². The molecule has 0 heterocycles. The van der Waals surface area contributed by atoms with Crippen LogP contribution in [0.1, 0.15) is 6.92 Å². The van der Waals surface area contributed by atoms with Gasteiger partial charge in [-0.2, -0.15) is 0 Å². The lowest BCUT2D eigenvalue weighted by Crippen LogP contribution is -2.15. The molecule has 8 heteroatoms. The van der Waals surface area contributed by atoms with E-state index in [0.29, 0.717) is 6.61 Å². The highest BCUT2D eigenvalue weighted by Gasteiger charge is 2.22. The molecule has 0 fully saturated rings. The van der Waals surface area contributed by atoms with E-state index < -0.39 is 10.0 Å². The summed E-state index contributed by atoms with van der Waals surface area (Å²) in [6.45, 7) is 2.08. The number of rotatable bonds is 5. The van der Waals surface area contributed by atoms with Crippen LogP contribution in [0.3, 0.4) is 0 Å². The maximum atomic E-state index is 12.6. The van der Waals surface area contributed by atoms with Gasteiger partial charge in [-0.25, -0.2) is 8.42 Å². The van der Waals surface area contributed by atoms with Gasteiger partial charge in [0, 0.05) is 5.02 Å². The van der Waals surface area contributed by atoms with Gasteiger partial charge in [-0.3, -0.25) is 4.72 Å². The molecule has 0 saturated heterocycles. The van der Waals surface area contributed by atoms with Crippen LogP contribution in [0.5, 0.6) is 5.75 Å². The molecule has 0 radical (unpaired) electrons. The molecule has 0 aliphatic carbocycles. The molecular weight excluding hydrogens is 369 g/mol. The summed E-state index contributed by atoms with van der Waals surface area (Å²) in [4.78, 5) is -0.0714. The van der Waals surface area contributed by atoms with Gasteiger partial charge in [0.05, 0.1) is 22.3 Å². The molecule has 118 valence electrons. The summed E-state index contributed by atoms with van der Waals surface area (Å²) in [6.07, 6.45) is 0. The maximum Gasteiger partial charge on any atom is 0.265 e. The number of sulfonamides is 1. The van der Waals surface area contributed by atoms with Crippen LogP contribution in [-0.2, 0) is 10.0 Å². The van der Waals surface area contributed by atoms with E-state index in [1.54, 1.807) is 25.1 Å². The average Bonchev–Trinajstić information content (AvgIpc) is 2.46. The first-order valence-electron chi connectivity index (χ1n) is 6.24. The number of hydrogen-bond acceptors (Lipinski definition) is 3. The van der Waals surface area contributed by atoms with E-state index in [-0.39, 0.29) is 31.4 Å². The molecule has 0 aromatic heterocycles. The largest absolute Gasteiger partial charge is 0.492 e. The summed E-state index contributed by atoms with van der Waals surface area (Å²) in [5.74, 6) is 0.206. The number of hydrogen-bond donors (Lipinski definition) is 1. The molecule has 4 nitrogen and oxygen atoms in total. The molecule has 22 heavy (non-hydrogen) atoms. The van der Waals surface area contributed by atoms with Gasteiger partial charge in [0.2, 0.25) is 0 Å². The third-order valence-electron chi connectivity index (χ3n) is 2.69. The van der Waals surface area contributed by atoms with Crippen molar-refractivity contribution in [2.24, 2.45) is 0 Å². The van der Waals surface area contributed by atoms with Crippen LogP contribution in [0.4, 0.5) is 5.69 Å². The summed E-state index contributed by atoms with van der Waals surface area (Å²) in [5.41, 5.74) is 0.177. The van der Waals surface area contributed by atoms with Gasteiger partial charge < -0.3 is 4.74 Å². The molecule has 2 aromatic carbocycles. The molecule has 2 aromatic rings. The first-order valence-corrected chi connectivity index (χ1v) is 8.86. The SMILES string of the molecule is CCOc1ccc(Cl)cc1S(=O)(=O)Nc1cccc(Cl)c1Cl. The van der Waals surface area contributed by atoms with Crippen molar-refractivity contribution in [3.8, 4) is 5.75 Å². The van der Waals surface area contributed by atoms with Crippen LogP contribution in [0.15, 0.2) is 41.3 Å². The highest BCUT2D eigenvalue weighted by Crippen LogP contribution is 2.33. The van der Waals surface area contributed by atoms with Gasteiger partial charge in [-0.1, -0.05) is 40.9 Å². The molecule has 2 rings (SSSR count). The first kappa shape index (κ1) is 17.2. The predicted octanol–water partition coefficient (Wildman–Crippen LogP) is 4.85. The van der Waals surface area contributed by atoms with E-state index in [0.717, 1.165) is 0 Å². The van der Waals surface area contributed by atoms with Crippen LogP contribution < -0.4 is 9.46 Å². The zero-order valence-electron chi connectivity index (χ0n) is 11.4. The fourth-order valence-corrected chi connectivity index (χ4v) is 3.63. The minimum absolute atomic E-state index is 0.0714. The molecule has 0 aliphatic rings. The molecule has 0 spiro atoms. The highest BCUT2D eigenvalue weighted by atomic mass is 35.5. The first-order chi connectivity index (χ1) is 10.3. The van der Waals surface area contributed by atoms with Crippen molar-refractivity contribution in [2.75, 3.05) is 11.3 Å². The molecule has 0 bridgehead atoms. The zero-order chi connectivity index (χ0) is 16.3. The Morgan fingerprint density at radius 2 is 1.86 bits per heavy atom. The van der Waals surface area contributed by atoms with E-state index in [9.17, 15) is 8.42 Å². The summed E-state index contributed by atoms with van der Waals surface area (Å²) < 4.78 is 32.8. The maximum absolute atomic E-state index is 12.6. The minimum Gasteiger partial charge on any atom is -0.492 e. The van der Waals surface area contributed by atoms with Crippen LogP contribution >= 0.6 is 34.8 Å². The number of benzene rings is 2. The van der Waals surface area contributed by atoms with Crippen LogP contribution in [0.25, 0.3) is 0 Å². The van der Waals surface area contributed by atoms with Crippen molar-refractivity contribution in [3.63, 3.8) is 0 Å². The monoisotopic (exact) mass is 379 g/mol. The molecule has 0 saturated carbocycles. The van der Waals surface area contributed by atoms with Gasteiger partial charge in [0.1, 0.15) is 10.6 Å². The lowest BCUT2D eigenvalue weighted by atomic mass is 10.3. The van der Waals surface area contributed by atoms with E-state index in [1.165, 1.54) is 18.2 Å². The normalized spacial score (nSPS) is 11.3. The number of halogens is 3. The van der Waals surface area contributed by atoms with Crippen LogP contribution in [-0.4, -0.2) is 15.0 Å². The van der Waals surface area contributed by atoms with Crippen molar-refractivity contribution in [2.45, 2.75) is 11.8 Å². The Hall–Kier alpha value is -1.14. The number of nitrogens with one attached hydrogen (secondary N) is 1. The molecule has 0 aliphatic heterocycles. The third-order valence-corrected chi connectivity index (χ3v) is 5.13. The molecule has 1 N–H and O–H groups in total. The van der Waals surface area contributed by atoms with Crippen molar-refractivity contribution in [1.82, 2.24) is 0 Å². The van der Waals surface area contributed by atoms with E-state index in [1.807, 2.05) is 0 Å². The Labute approximate surface area is 144 Å². The van der Waals surface area contributed by atoms with Crippen molar-refractivity contribution < 1.29 is 13.2 Å². The highest BCUT2D eigenvalue weighted by molar-refractivity contribution is 7.92. The zero-order valence-corrected chi connectivity index (χ0v) is 14.5. The van der Waals surface area contributed by atoms with Gasteiger partial charge in [-0.05, 0) is 37.3 Å². The molecule has 0 amide bonds. The lowest BCUT2D eigenvalue weighted by Gasteiger charge is -2.14. The van der Waals surface area contributed by atoms with Crippen molar-refractivity contribution >= 4 is 50.5 Å². The Bertz CT molecular complexity index is 794. The number of anilines is 1. The number of ether oxygens (including phenoxy) is 1. The fourth-order valence-electron chi connectivity index (χ4n) is 1.75. The summed E-state index contributed by atoms with van der Waals surface area (Å²) in [6, 6.07) is 9.03. The van der Waals surface area contributed by atoms with Crippen molar-refractivity contribution in [1.29, 1.82) is 0 Å². The fraction of sp³-hybridized carbons (Fsp3) is 0.143. The molecule has 0 atom stereocenters. The van der Waals surface area contributed by atoms with Crippen molar-refractivity contribution in [3.05, 3.63) is 51.5 Å². The molecule has 0 unspecified atom stereocenters. The molecular formula is C14H12Cl3NO3S. The van der Waals surface area contributed by atoms with Gasteiger partial charge in [0.15, 0.2) is 0 Å². The predicted molar refractivity (Wildman–Crippen MR) is 89.9 cm³/mol. The third kappa shape index (κ3) is 3.79. The average molecular weight is 381 g/mol. The smallest absolute Gasteiger partial charge is 0.265 e. The quantitative estimate of drug-likeness (QED) is 0.807. The second-order valence-corrected chi connectivity index (χ2v) is 7.10. The Balaban J connectivity index is 2.47. The Morgan fingerprint density at radius 3 is 2.55 bits per heavy atom. The standard InChI is InChI=1S/C14H12Cl3NO3S/c1-2-21-12-7-6-9(15)8-13(12)22(19,20)18-11-5-3-4-10(16)14(11)17/h3-8,18H,2H2,1H3. The topological polar surface area (TPSA) is 55.4 Å². The lowest BCUT2D eigenvalue weighted by molar-refractivity contribution is 0.331. The minimum atomic E-state index is -3.93.